The second-order valence-corrected chi connectivity index (χ2v) is 7.25. The standard InChI is InChI=1S/C20H19F4N5O/c1-28-17(10-15(26-28)12-4-6-14(21)7-5-12)19(30)25-8-9-29-16(13-2-3-13)11-18(27-29)20(22,23)24/h4-7,10-11,13H,2-3,8-9H2,1H3,(H,25,30). The van der Waals surface area contributed by atoms with E-state index >= 15 is 0 Å². The number of rotatable bonds is 6. The van der Waals surface area contributed by atoms with Crippen LogP contribution in [0.25, 0.3) is 11.3 Å². The molecule has 0 aliphatic heterocycles. The Morgan fingerprint density at radius 3 is 2.50 bits per heavy atom. The lowest BCUT2D eigenvalue weighted by atomic mass is 10.1. The molecule has 2 heterocycles. The first-order chi connectivity index (χ1) is 14.2. The molecular formula is C20H19F4N5O. The van der Waals surface area contributed by atoms with Crippen molar-refractivity contribution in [2.75, 3.05) is 6.54 Å². The van der Waals surface area contributed by atoms with Crippen LogP contribution in [0.1, 0.15) is 40.6 Å². The van der Waals surface area contributed by atoms with E-state index in [1.165, 1.54) is 21.5 Å². The van der Waals surface area contributed by atoms with Crippen molar-refractivity contribution in [3.8, 4) is 11.3 Å². The van der Waals surface area contributed by atoms with Crippen LogP contribution >= 0.6 is 0 Å². The monoisotopic (exact) mass is 421 g/mol. The largest absolute Gasteiger partial charge is 0.435 e. The molecule has 1 saturated carbocycles. The highest BCUT2D eigenvalue weighted by Crippen LogP contribution is 2.42. The van der Waals surface area contributed by atoms with E-state index in [0.717, 1.165) is 18.9 Å². The summed E-state index contributed by atoms with van der Waals surface area (Å²) in [6, 6.07) is 8.41. The van der Waals surface area contributed by atoms with Crippen LogP contribution in [-0.4, -0.2) is 32.0 Å². The number of carbonyl (C=O) groups excluding carboxylic acids is 1. The van der Waals surface area contributed by atoms with E-state index in [0.29, 0.717) is 17.0 Å². The van der Waals surface area contributed by atoms with Crippen LogP contribution in [0.2, 0.25) is 0 Å². The summed E-state index contributed by atoms with van der Waals surface area (Å²) >= 11 is 0. The van der Waals surface area contributed by atoms with Gasteiger partial charge in [0, 0.05) is 30.8 Å². The van der Waals surface area contributed by atoms with Gasteiger partial charge in [-0.1, -0.05) is 0 Å². The molecule has 0 radical (unpaired) electrons. The molecule has 1 aliphatic carbocycles. The van der Waals surface area contributed by atoms with E-state index in [9.17, 15) is 22.4 Å². The maximum Gasteiger partial charge on any atom is 0.435 e. The van der Waals surface area contributed by atoms with Crippen molar-refractivity contribution >= 4 is 5.91 Å². The predicted octanol–water partition coefficient (Wildman–Crippen LogP) is 3.75. The number of benzene rings is 1. The Labute approximate surface area is 169 Å². The smallest absolute Gasteiger partial charge is 0.349 e. The van der Waals surface area contributed by atoms with Crippen molar-refractivity contribution in [2.24, 2.45) is 7.05 Å². The summed E-state index contributed by atoms with van der Waals surface area (Å²) < 4.78 is 54.7. The zero-order valence-corrected chi connectivity index (χ0v) is 16.1. The van der Waals surface area contributed by atoms with Gasteiger partial charge in [0.2, 0.25) is 0 Å². The molecule has 0 unspecified atom stereocenters. The topological polar surface area (TPSA) is 64.7 Å². The molecule has 158 valence electrons. The summed E-state index contributed by atoms with van der Waals surface area (Å²) in [5.41, 5.74) is 1.10. The van der Waals surface area contributed by atoms with Gasteiger partial charge in [0.15, 0.2) is 5.69 Å². The first-order valence-electron chi connectivity index (χ1n) is 9.45. The predicted molar refractivity (Wildman–Crippen MR) is 100 cm³/mol. The number of nitrogens with one attached hydrogen (secondary N) is 1. The van der Waals surface area contributed by atoms with Gasteiger partial charge < -0.3 is 5.32 Å². The van der Waals surface area contributed by atoms with Gasteiger partial charge >= 0.3 is 6.18 Å². The van der Waals surface area contributed by atoms with Crippen LogP contribution in [0.3, 0.4) is 0 Å². The van der Waals surface area contributed by atoms with Crippen molar-refractivity contribution in [3.63, 3.8) is 0 Å². The maximum atomic E-state index is 13.1. The molecule has 1 aliphatic rings. The fourth-order valence-corrected chi connectivity index (χ4v) is 3.26. The van der Waals surface area contributed by atoms with Crippen molar-refractivity contribution in [3.05, 3.63) is 59.3 Å². The Morgan fingerprint density at radius 1 is 1.17 bits per heavy atom. The number of aromatic nitrogens is 4. The molecular weight excluding hydrogens is 402 g/mol. The van der Waals surface area contributed by atoms with Gasteiger partial charge in [0.25, 0.3) is 5.91 Å². The molecule has 4 rings (SSSR count). The SMILES string of the molecule is Cn1nc(-c2ccc(F)cc2)cc1C(=O)NCCn1nc(C(F)(F)F)cc1C1CC1. The zero-order valence-electron chi connectivity index (χ0n) is 16.1. The fraction of sp³-hybridized carbons (Fsp3) is 0.350. The first-order valence-corrected chi connectivity index (χ1v) is 9.45. The van der Waals surface area contributed by atoms with Gasteiger partial charge in [0.05, 0.1) is 12.2 Å². The van der Waals surface area contributed by atoms with E-state index in [1.807, 2.05) is 0 Å². The van der Waals surface area contributed by atoms with Crippen molar-refractivity contribution in [1.29, 1.82) is 0 Å². The Bertz CT molecular complexity index is 1060. The second-order valence-electron chi connectivity index (χ2n) is 7.25. The molecule has 10 heteroatoms. The Hall–Kier alpha value is -3.17. The molecule has 6 nitrogen and oxygen atoms in total. The lowest BCUT2D eigenvalue weighted by Gasteiger charge is -2.08. The molecule has 2 aromatic heterocycles. The summed E-state index contributed by atoms with van der Waals surface area (Å²) in [7, 11) is 1.61. The summed E-state index contributed by atoms with van der Waals surface area (Å²) in [4.78, 5) is 12.5. The molecule has 3 aromatic rings. The van der Waals surface area contributed by atoms with E-state index in [1.54, 1.807) is 25.2 Å². The van der Waals surface area contributed by atoms with Gasteiger partial charge in [-0.15, -0.1) is 0 Å². The van der Waals surface area contributed by atoms with E-state index in [-0.39, 0.29) is 30.5 Å². The highest BCUT2D eigenvalue weighted by Gasteiger charge is 2.37. The molecule has 1 fully saturated rings. The zero-order chi connectivity index (χ0) is 21.5. The minimum Gasteiger partial charge on any atom is -0.349 e. The average Bonchev–Trinajstić information content (AvgIpc) is 3.31. The molecule has 0 bridgehead atoms. The number of aryl methyl sites for hydroxylation is 1. The van der Waals surface area contributed by atoms with E-state index < -0.39 is 17.8 Å². The van der Waals surface area contributed by atoms with Crippen LogP contribution in [0.4, 0.5) is 17.6 Å². The summed E-state index contributed by atoms with van der Waals surface area (Å²) in [6.07, 6.45) is -2.81. The Balaban J connectivity index is 1.42. The minimum absolute atomic E-state index is 0.0969. The summed E-state index contributed by atoms with van der Waals surface area (Å²) in [5.74, 6) is -0.681. The lowest BCUT2D eigenvalue weighted by Crippen LogP contribution is -2.29. The number of halogens is 4. The molecule has 0 spiro atoms. The third kappa shape index (κ3) is 4.22. The van der Waals surface area contributed by atoms with Crippen molar-refractivity contribution in [1.82, 2.24) is 24.9 Å². The van der Waals surface area contributed by atoms with Crippen LogP contribution in [-0.2, 0) is 19.8 Å². The molecule has 0 atom stereocenters. The molecule has 0 saturated heterocycles. The highest BCUT2D eigenvalue weighted by atomic mass is 19.4. The highest BCUT2D eigenvalue weighted by molar-refractivity contribution is 5.93. The first kappa shape index (κ1) is 20.1. The third-order valence-corrected chi connectivity index (χ3v) is 4.96. The molecule has 30 heavy (non-hydrogen) atoms. The van der Waals surface area contributed by atoms with Gasteiger partial charge in [0.1, 0.15) is 11.5 Å². The molecule has 1 N–H and O–H groups in total. The van der Waals surface area contributed by atoms with Gasteiger partial charge in [-0.25, -0.2) is 4.39 Å². The maximum absolute atomic E-state index is 13.1. The number of nitrogens with zero attached hydrogens (tertiary/aromatic N) is 4. The Morgan fingerprint density at radius 2 is 1.87 bits per heavy atom. The number of alkyl halides is 3. The van der Waals surface area contributed by atoms with E-state index in [4.69, 9.17) is 0 Å². The van der Waals surface area contributed by atoms with Crippen LogP contribution in [0, 0.1) is 5.82 Å². The quantitative estimate of drug-likeness (QED) is 0.617. The summed E-state index contributed by atoms with van der Waals surface area (Å²) in [6.45, 7) is 0.255. The van der Waals surface area contributed by atoms with Gasteiger partial charge in [-0.3, -0.25) is 14.2 Å². The number of amides is 1. The van der Waals surface area contributed by atoms with Gasteiger partial charge in [-0.2, -0.15) is 23.4 Å². The lowest BCUT2D eigenvalue weighted by molar-refractivity contribution is -0.141. The number of hydrogen-bond donors (Lipinski definition) is 1. The molecule has 1 aromatic carbocycles. The number of hydrogen-bond acceptors (Lipinski definition) is 3. The fourth-order valence-electron chi connectivity index (χ4n) is 3.26. The average molecular weight is 421 g/mol. The van der Waals surface area contributed by atoms with Crippen LogP contribution in [0.5, 0.6) is 0 Å². The van der Waals surface area contributed by atoms with E-state index in [2.05, 4.69) is 15.5 Å². The molecule has 1 amide bonds. The van der Waals surface area contributed by atoms with Crippen LogP contribution < -0.4 is 5.32 Å². The second kappa shape index (κ2) is 7.58. The Kier molecular flexibility index (Phi) is 5.08. The summed E-state index contributed by atoms with van der Waals surface area (Å²) in [5, 5.41) is 10.6. The van der Waals surface area contributed by atoms with Crippen molar-refractivity contribution in [2.45, 2.75) is 31.5 Å². The third-order valence-electron chi connectivity index (χ3n) is 4.96. The number of carbonyl (C=O) groups is 1. The van der Waals surface area contributed by atoms with Gasteiger partial charge in [-0.05, 0) is 49.2 Å². The van der Waals surface area contributed by atoms with Crippen molar-refractivity contribution < 1.29 is 22.4 Å². The minimum atomic E-state index is -4.50. The van der Waals surface area contributed by atoms with Crippen LogP contribution in [0.15, 0.2) is 36.4 Å². The normalized spacial score (nSPS) is 14.2.